The van der Waals surface area contributed by atoms with Crippen LogP contribution in [-0.4, -0.2) is 26.4 Å². The summed E-state index contributed by atoms with van der Waals surface area (Å²) in [5.41, 5.74) is 3.57. The molecule has 0 radical (unpaired) electrons. The molecule has 120 valence electrons. The van der Waals surface area contributed by atoms with Gasteiger partial charge in [-0.3, -0.25) is 0 Å². The zero-order valence-electron chi connectivity index (χ0n) is 13.0. The number of thiol groups is 1. The van der Waals surface area contributed by atoms with Gasteiger partial charge in [0, 0.05) is 30.4 Å². The van der Waals surface area contributed by atoms with Crippen molar-refractivity contribution in [3.8, 4) is 0 Å². The van der Waals surface area contributed by atoms with E-state index in [0.29, 0.717) is 4.91 Å². The van der Waals surface area contributed by atoms with E-state index in [1.54, 1.807) is 12.5 Å². The van der Waals surface area contributed by atoms with Gasteiger partial charge in [-0.05, 0) is 29.7 Å². The highest BCUT2D eigenvalue weighted by Crippen LogP contribution is 2.45. The van der Waals surface area contributed by atoms with E-state index in [4.69, 9.17) is 0 Å². The highest BCUT2D eigenvalue weighted by molar-refractivity contribution is 8.20. The molecule has 23 heavy (non-hydrogen) atoms. The van der Waals surface area contributed by atoms with Crippen LogP contribution in [-0.2, 0) is 17.1 Å². The third-order valence-corrected chi connectivity index (χ3v) is 6.51. The maximum atomic E-state index is 11.6. The minimum Gasteiger partial charge on any atom is -0.477 e. The van der Waals surface area contributed by atoms with Crippen molar-refractivity contribution in [1.29, 1.82) is 0 Å². The van der Waals surface area contributed by atoms with E-state index in [2.05, 4.69) is 17.1 Å². The van der Waals surface area contributed by atoms with Crippen molar-refractivity contribution in [2.45, 2.75) is 19.2 Å². The molecular weight excluding hydrogens is 308 g/mol. The largest absolute Gasteiger partial charge is 0.477 e. The van der Waals surface area contributed by atoms with Crippen LogP contribution < -0.4 is 0 Å². The summed E-state index contributed by atoms with van der Waals surface area (Å²) in [7, 11) is -0.729. The first-order valence-corrected chi connectivity index (χ1v) is 9.23. The van der Waals surface area contributed by atoms with Gasteiger partial charge in [-0.2, -0.15) is 0 Å². The third-order valence-electron chi connectivity index (χ3n) is 4.00. The van der Waals surface area contributed by atoms with Crippen LogP contribution in [0.2, 0.25) is 0 Å². The maximum absolute atomic E-state index is 11.6. The summed E-state index contributed by atoms with van der Waals surface area (Å²) in [6.07, 6.45) is 7.38. The fraction of sp³-hybridized carbons (Fsp3) is 0.222. The lowest BCUT2D eigenvalue weighted by Gasteiger charge is -2.29. The van der Waals surface area contributed by atoms with Gasteiger partial charge in [0.25, 0.3) is 0 Å². The van der Waals surface area contributed by atoms with Gasteiger partial charge in [0.2, 0.25) is 0 Å². The standard InChI is InChI=1S/C18H20N2O2S/c1-14-9-17(18(21)22)23(11-15-5-3-2-4-6-15)12-16(14)10-20-8-7-19-13-20/h2-9,13,23H,10-12H2,1H3,(H,21,22). The van der Waals surface area contributed by atoms with Crippen molar-refractivity contribution >= 4 is 16.9 Å². The molecule has 0 fully saturated rings. The predicted molar refractivity (Wildman–Crippen MR) is 94.6 cm³/mol. The van der Waals surface area contributed by atoms with E-state index in [-0.39, 0.29) is 0 Å². The normalized spacial score (nSPS) is 19.5. The Morgan fingerprint density at radius 1 is 1.35 bits per heavy atom. The summed E-state index contributed by atoms with van der Waals surface area (Å²) in [5.74, 6) is 0.870. The van der Waals surface area contributed by atoms with Crippen LogP contribution in [0.4, 0.5) is 0 Å². The topological polar surface area (TPSA) is 55.1 Å². The number of nitrogens with zero attached hydrogens (tertiary/aromatic N) is 2. The summed E-state index contributed by atoms with van der Waals surface area (Å²) in [6, 6.07) is 10.1. The monoisotopic (exact) mass is 328 g/mol. The van der Waals surface area contributed by atoms with Crippen LogP contribution in [0.3, 0.4) is 0 Å². The van der Waals surface area contributed by atoms with E-state index in [1.807, 2.05) is 42.0 Å². The average Bonchev–Trinajstić information content (AvgIpc) is 3.04. The van der Waals surface area contributed by atoms with Crippen LogP contribution in [0.1, 0.15) is 12.5 Å². The molecular formula is C18H20N2O2S. The quantitative estimate of drug-likeness (QED) is 0.827. The van der Waals surface area contributed by atoms with Crippen molar-refractivity contribution in [2.24, 2.45) is 0 Å². The summed E-state index contributed by atoms with van der Waals surface area (Å²) >= 11 is 0. The molecule has 4 nitrogen and oxygen atoms in total. The van der Waals surface area contributed by atoms with Gasteiger partial charge in [-0.1, -0.05) is 30.3 Å². The molecule has 1 aromatic heterocycles. The Bertz CT molecular complexity index is 749. The Morgan fingerprint density at radius 3 is 2.78 bits per heavy atom. The second-order valence-electron chi connectivity index (χ2n) is 5.70. The molecule has 1 unspecified atom stereocenters. The molecule has 5 heteroatoms. The van der Waals surface area contributed by atoms with Crippen LogP contribution in [0.15, 0.2) is 71.2 Å². The molecule has 1 atom stereocenters. The fourth-order valence-corrected chi connectivity index (χ4v) is 5.32. The first-order chi connectivity index (χ1) is 11.1. The van der Waals surface area contributed by atoms with Gasteiger partial charge in [-0.15, -0.1) is 0 Å². The summed E-state index contributed by atoms with van der Waals surface area (Å²) in [4.78, 5) is 16.3. The Balaban J connectivity index is 1.85. The zero-order chi connectivity index (χ0) is 16.2. The molecule has 1 aromatic carbocycles. The van der Waals surface area contributed by atoms with Gasteiger partial charge >= 0.3 is 5.97 Å². The molecule has 0 bridgehead atoms. The second kappa shape index (κ2) is 6.87. The van der Waals surface area contributed by atoms with Gasteiger partial charge < -0.3 is 9.67 Å². The smallest absolute Gasteiger partial charge is 0.340 e. The number of benzene rings is 1. The van der Waals surface area contributed by atoms with Crippen LogP contribution in [0.25, 0.3) is 0 Å². The van der Waals surface area contributed by atoms with Crippen LogP contribution in [0.5, 0.6) is 0 Å². The molecule has 0 saturated carbocycles. The first-order valence-electron chi connectivity index (χ1n) is 7.51. The second-order valence-corrected chi connectivity index (χ2v) is 7.89. The molecule has 0 amide bonds. The SMILES string of the molecule is CC1=C(Cn2ccnc2)C[SH](Cc2ccccc2)C(C(=O)O)=C1. The minimum atomic E-state index is -0.784. The first kappa shape index (κ1) is 15.6. The summed E-state index contributed by atoms with van der Waals surface area (Å²) in [5, 5.41) is 9.56. The fourth-order valence-electron chi connectivity index (χ4n) is 2.76. The van der Waals surface area contributed by atoms with Crippen molar-refractivity contribution < 1.29 is 9.90 Å². The lowest BCUT2D eigenvalue weighted by molar-refractivity contribution is -0.131. The Morgan fingerprint density at radius 2 is 2.13 bits per heavy atom. The molecule has 3 rings (SSSR count). The van der Waals surface area contributed by atoms with E-state index >= 15 is 0 Å². The van der Waals surface area contributed by atoms with Gasteiger partial charge in [0.05, 0.1) is 11.2 Å². The van der Waals surface area contributed by atoms with Crippen molar-refractivity contribution in [2.75, 3.05) is 5.75 Å². The van der Waals surface area contributed by atoms with Gasteiger partial charge in [0.1, 0.15) is 0 Å². The molecule has 2 heterocycles. The van der Waals surface area contributed by atoms with Crippen LogP contribution >= 0.6 is 10.9 Å². The number of hydrogen-bond donors (Lipinski definition) is 2. The highest BCUT2D eigenvalue weighted by Gasteiger charge is 2.23. The van der Waals surface area contributed by atoms with Gasteiger partial charge in [0.15, 0.2) is 0 Å². The van der Waals surface area contributed by atoms with Crippen molar-refractivity contribution in [1.82, 2.24) is 9.55 Å². The lowest BCUT2D eigenvalue weighted by Crippen LogP contribution is -2.15. The van der Waals surface area contributed by atoms with Crippen molar-refractivity contribution in [3.63, 3.8) is 0 Å². The molecule has 2 aromatic rings. The number of aliphatic carboxylic acids is 1. The number of rotatable bonds is 5. The Hall–Kier alpha value is -2.27. The number of carboxylic acids is 1. The summed E-state index contributed by atoms with van der Waals surface area (Å²) in [6.45, 7) is 2.78. The number of hydrogen-bond acceptors (Lipinski definition) is 2. The van der Waals surface area contributed by atoms with E-state index in [9.17, 15) is 9.90 Å². The number of aromatic nitrogens is 2. The van der Waals surface area contributed by atoms with Crippen molar-refractivity contribution in [3.05, 3.63) is 76.7 Å². The lowest BCUT2D eigenvalue weighted by atomic mass is 10.1. The predicted octanol–water partition coefficient (Wildman–Crippen LogP) is 3.38. The maximum Gasteiger partial charge on any atom is 0.340 e. The van der Waals surface area contributed by atoms with E-state index < -0.39 is 16.9 Å². The van der Waals surface area contributed by atoms with E-state index in [0.717, 1.165) is 23.6 Å². The number of carbonyl (C=O) groups is 1. The molecule has 1 aliphatic rings. The average molecular weight is 328 g/mol. The third kappa shape index (κ3) is 3.74. The summed E-state index contributed by atoms with van der Waals surface area (Å²) < 4.78 is 2.04. The molecule has 1 aliphatic heterocycles. The molecule has 0 aliphatic carbocycles. The van der Waals surface area contributed by atoms with Crippen LogP contribution in [0, 0.1) is 0 Å². The van der Waals surface area contributed by atoms with E-state index in [1.165, 1.54) is 11.1 Å². The zero-order valence-corrected chi connectivity index (χ0v) is 13.9. The molecule has 0 spiro atoms. The Kier molecular flexibility index (Phi) is 4.67. The molecule has 0 saturated heterocycles. The molecule has 1 N–H and O–H groups in total. The highest BCUT2D eigenvalue weighted by atomic mass is 32.2. The number of allylic oxidation sites excluding steroid dienone is 2. The Labute approximate surface area is 138 Å². The van der Waals surface area contributed by atoms with Gasteiger partial charge in [-0.25, -0.2) is 20.7 Å². The minimum absolute atomic E-state index is 0.579. The number of carboxylic acid groups (broad SMARTS) is 1. The number of imidazole rings is 1.